The van der Waals surface area contributed by atoms with E-state index in [1.165, 1.54) is 28.6 Å². The first kappa shape index (κ1) is 26.6. The Morgan fingerprint density at radius 3 is 2.24 bits per heavy atom. The van der Waals surface area contributed by atoms with Crippen molar-refractivity contribution in [2.75, 3.05) is 31.6 Å². The summed E-state index contributed by atoms with van der Waals surface area (Å²) in [6.07, 6.45) is 0.356. The highest BCUT2D eigenvalue weighted by Crippen LogP contribution is 2.31. The number of nitrogens with zero attached hydrogens (tertiary/aromatic N) is 3. The molecule has 1 aliphatic rings. The van der Waals surface area contributed by atoms with Crippen molar-refractivity contribution < 1.29 is 27.1 Å². The molecule has 0 aliphatic carbocycles. The Kier molecular flexibility index (Phi) is 8.13. The summed E-state index contributed by atoms with van der Waals surface area (Å²) in [5, 5.41) is 10.5. The van der Waals surface area contributed by atoms with Gasteiger partial charge in [-0.1, -0.05) is 38.9 Å². The number of amides is 1. The van der Waals surface area contributed by atoms with Gasteiger partial charge < -0.3 is 13.9 Å². The van der Waals surface area contributed by atoms with Crippen LogP contribution in [-0.2, 0) is 16.4 Å². The SMILES string of the molecule is CC(C)CN(CC(C)C)S(=O)(=O)c1ccc(C(=O)Nc2nnc(Cc3ccc4c(c3)OCCO4)o2)cc1. The summed E-state index contributed by atoms with van der Waals surface area (Å²) in [5.41, 5.74) is 1.16. The molecule has 4 rings (SSSR count). The first-order valence-electron chi connectivity index (χ1n) is 12.2. The number of anilines is 1. The van der Waals surface area contributed by atoms with Gasteiger partial charge in [0.1, 0.15) is 13.2 Å². The summed E-state index contributed by atoms with van der Waals surface area (Å²) in [7, 11) is -3.68. The molecule has 37 heavy (non-hydrogen) atoms. The van der Waals surface area contributed by atoms with Gasteiger partial charge in [-0.05, 0) is 53.8 Å². The highest BCUT2D eigenvalue weighted by molar-refractivity contribution is 7.89. The van der Waals surface area contributed by atoms with Crippen LogP contribution in [0.1, 0.15) is 49.5 Å². The summed E-state index contributed by atoms with van der Waals surface area (Å²) in [5.74, 6) is 1.57. The van der Waals surface area contributed by atoms with Crippen molar-refractivity contribution in [3.63, 3.8) is 0 Å². The van der Waals surface area contributed by atoms with E-state index in [4.69, 9.17) is 13.9 Å². The van der Waals surface area contributed by atoms with Crippen LogP contribution in [0.25, 0.3) is 0 Å². The average molecular weight is 529 g/mol. The smallest absolute Gasteiger partial charge is 0.322 e. The molecule has 0 saturated heterocycles. The summed E-state index contributed by atoms with van der Waals surface area (Å²) >= 11 is 0. The Hall–Kier alpha value is -3.44. The van der Waals surface area contributed by atoms with E-state index in [2.05, 4.69) is 15.5 Å². The minimum atomic E-state index is -3.68. The van der Waals surface area contributed by atoms with Crippen molar-refractivity contribution in [1.29, 1.82) is 0 Å². The zero-order chi connectivity index (χ0) is 26.6. The van der Waals surface area contributed by atoms with Crippen LogP contribution >= 0.6 is 0 Å². The number of ether oxygens (including phenoxy) is 2. The summed E-state index contributed by atoms with van der Waals surface area (Å²) in [4.78, 5) is 12.8. The Balaban J connectivity index is 1.40. The van der Waals surface area contributed by atoms with Crippen LogP contribution in [0, 0.1) is 11.8 Å². The number of sulfonamides is 1. The van der Waals surface area contributed by atoms with Crippen LogP contribution in [0.5, 0.6) is 11.5 Å². The maximum Gasteiger partial charge on any atom is 0.322 e. The number of benzene rings is 2. The van der Waals surface area contributed by atoms with Crippen LogP contribution in [-0.4, -0.2) is 55.1 Å². The fraction of sp³-hybridized carbons (Fsp3) is 0.423. The van der Waals surface area contributed by atoms with Crippen LogP contribution in [0.15, 0.2) is 51.8 Å². The number of rotatable bonds is 10. The van der Waals surface area contributed by atoms with Gasteiger partial charge in [-0.3, -0.25) is 10.1 Å². The molecule has 1 aliphatic heterocycles. The van der Waals surface area contributed by atoms with Gasteiger partial charge in [0.15, 0.2) is 11.5 Å². The molecule has 0 atom stereocenters. The topological polar surface area (TPSA) is 124 Å². The van der Waals surface area contributed by atoms with Gasteiger partial charge in [0.05, 0.1) is 11.3 Å². The number of aromatic nitrogens is 2. The third-order valence-electron chi connectivity index (χ3n) is 5.54. The molecule has 2 heterocycles. The maximum absolute atomic E-state index is 13.2. The van der Waals surface area contributed by atoms with Crippen molar-refractivity contribution in [1.82, 2.24) is 14.5 Å². The molecule has 0 unspecified atom stereocenters. The molecule has 0 radical (unpaired) electrons. The van der Waals surface area contributed by atoms with Crippen molar-refractivity contribution in [3.05, 3.63) is 59.5 Å². The fourth-order valence-corrected chi connectivity index (χ4v) is 5.70. The van der Waals surface area contributed by atoms with Gasteiger partial charge in [-0.25, -0.2) is 8.42 Å². The van der Waals surface area contributed by atoms with Crippen LogP contribution in [0.2, 0.25) is 0 Å². The third-order valence-corrected chi connectivity index (χ3v) is 7.39. The van der Waals surface area contributed by atoms with Gasteiger partial charge in [-0.2, -0.15) is 4.31 Å². The van der Waals surface area contributed by atoms with Gasteiger partial charge in [0, 0.05) is 18.7 Å². The zero-order valence-corrected chi connectivity index (χ0v) is 22.2. The third kappa shape index (κ3) is 6.66. The summed E-state index contributed by atoms with van der Waals surface area (Å²) in [6, 6.07) is 11.4. The molecule has 3 aromatic rings. The predicted molar refractivity (Wildman–Crippen MR) is 137 cm³/mol. The van der Waals surface area contributed by atoms with Crippen molar-refractivity contribution in [2.24, 2.45) is 11.8 Å². The van der Waals surface area contributed by atoms with E-state index in [9.17, 15) is 13.2 Å². The van der Waals surface area contributed by atoms with Gasteiger partial charge >= 0.3 is 6.01 Å². The lowest BCUT2D eigenvalue weighted by Crippen LogP contribution is -2.37. The lowest BCUT2D eigenvalue weighted by molar-refractivity contribution is 0.102. The molecular formula is C26H32N4O6S. The molecule has 1 aromatic heterocycles. The van der Waals surface area contributed by atoms with E-state index in [1.54, 1.807) is 0 Å². The van der Waals surface area contributed by atoms with E-state index in [0.29, 0.717) is 50.1 Å². The minimum Gasteiger partial charge on any atom is -0.486 e. The van der Waals surface area contributed by atoms with Crippen molar-refractivity contribution in [2.45, 2.75) is 39.0 Å². The molecule has 2 aromatic carbocycles. The van der Waals surface area contributed by atoms with Crippen LogP contribution < -0.4 is 14.8 Å². The Labute approximate surface area is 217 Å². The molecule has 0 spiro atoms. The number of carbonyl (C=O) groups is 1. The second-order valence-electron chi connectivity index (χ2n) is 9.74. The number of hydrogen-bond donors (Lipinski definition) is 1. The van der Waals surface area contributed by atoms with Crippen LogP contribution in [0.4, 0.5) is 6.01 Å². The maximum atomic E-state index is 13.2. The quantitative estimate of drug-likeness (QED) is 0.419. The monoisotopic (exact) mass is 528 g/mol. The molecular weight excluding hydrogens is 496 g/mol. The molecule has 1 amide bonds. The highest BCUT2D eigenvalue weighted by Gasteiger charge is 2.26. The molecule has 198 valence electrons. The second-order valence-corrected chi connectivity index (χ2v) is 11.7. The Morgan fingerprint density at radius 2 is 1.59 bits per heavy atom. The number of fused-ring (bicyclic) bond motifs is 1. The summed E-state index contributed by atoms with van der Waals surface area (Å²) in [6.45, 7) is 9.79. The van der Waals surface area contributed by atoms with Crippen molar-refractivity contribution >= 4 is 21.9 Å². The average Bonchev–Trinajstić information content (AvgIpc) is 3.29. The van der Waals surface area contributed by atoms with Gasteiger partial charge in [0.25, 0.3) is 5.91 Å². The van der Waals surface area contributed by atoms with Crippen molar-refractivity contribution in [3.8, 4) is 11.5 Å². The van der Waals surface area contributed by atoms with Gasteiger partial charge in [0.2, 0.25) is 15.9 Å². The lowest BCUT2D eigenvalue weighted by atomic mass is 10.1. The fourth-order valence-electron chi connectivity index (χ4n) is 3.93. The second kappa shape index (κ2) is 11.3. The van der Waals surface area contributed by atoms with E-state index >= 15 is 0 Å². The molecule has 10 nitrogen and oxygen atoms in total. The predicted octanol–water partition coefficient (Wildman–Crippen LogP) is 3.99. The molecule has 1 N–H and O–H groups in total. The first-order valence-corrected chi connectivity index (χ1v) is 13.7. The minimum absolute atomic E-state index is 0.0470. The highest BCUT2D eigenvalue weighted by atomic mass is 32.2. The first-order chi connectivity index (χ1) is 17.6. The number of carbonyl (C=O) groups excluding carboxylic acids is 1. The lowest BCUT2D eigenvalue weighted by Gasteiger charge is -2.25. The van der Waals surface area contributed by atoms with E-state index in [-0.39, 0.29) is 28.3 Å². The Morgan fingerprint density at radius 1 is 0.946 bits per heavy atom. The van der Waals surface area contributed by atoms with E-state index < -0.39 is 15.9 Å². The molecule has 0 bridgehead atoms. The normalized spacial score (nSPS) is 13.4. The number of nitrogens with one attached hydrogen (secondary N) is 1. The number of hydrogen-bond acceptors (Lipinski definition) is 8. The Bertz CT molecular complexity index is 1330. The van der Waals surface area contributed by atoms with E-state index in [1.807, 2.05) is 45.9 Å². The molecule has 0 saturated carbocycles. The van der Waals surface area contributed by atoms with E-state index in [0.717, 1.165) is 5.56 Å². The standard InChI is InChI=1S/C26H32N4O6S/c1-17(2)15-30(16-18(3)4)37(32,33)21-8-6-20(7-9-21)25(31)27-26-29-28-24(36-26)14-19-5-10-22-23(13-19)35-12-11-34-22/h5-10,13,17-18H,11-12,14-16H2,1-4H3,(H,27,29,31). The van der Waals surface area contributed by atoms with Gasteiger partial charge in [-0.15, -0.1) is 5.10 Å². The zero-order valence-electron chi connectivity index (χ0n) is 21.4. The largest absolute Gasteiger partial charge is 0.486 e. The van der Waals surface area contributed by atoms with Crippen LogP contribution in [0.3, 0.4) is 0 Å². The molecule has 11 heteroatoms. The molecule has 0 fully saturated rings. The summed E-state index contributed by atoms with van der Waals surface area (Å²) < 4.78 is 44.6.